The van der Waals surface area contributed by atoms with Crippen LogP contribution in [-0.4, -0.2) is 269 Å². The molecular formula is C76H125ClF4N12O12. The number of rotatable bonds is 14. The maximum Gasteiger partial charge on any atom is 0.393 e. The van der Waals surface area contributed by atoms with Crippen LogP contribution < -0.4 is 16.0 Å². The van der Waals surface area contributed by atoms with Crippen LogP contribution >= 0.6 is 11.6 Å². The van der Waals surface area contributed by atoms with E-state index >= 15 is 24.0 Å². The average Bonchev–Trinajstić information content (AvgIpc) is 1.71. The minimum Gasteiger partial charge on any atom is -0.347 e. The Morgan fingerprint density at radius 3 is 1.70 bits per heavy atom. The van der Waals surface area contributed by atoms with Gasteiger partial charge in [0.15, 0.2) is 0 Å². The molecule has 1 spiro atoms. The Morgan fingerprint density at radius 2 is 1.17 bits per heavy atom. The van der Waals surface area contributed by atoms with Crippen molar-refractivity contribution in [2.75, 3.05) is 76.5 Å². The van der Waals surface area contributed by atoms with E-state index in [4.69, 9.17) is 11.6 Å². The number of hydrogen-bond donors (Lipinski definition) is 3. The molecule has 0 aromatic heterocycles. The van der Waals surface area contributed by atoms with Gasteiger partial charge in [-0.1, -0.05) is 99.8 Å². The van der Waals surface area contributed by atoms with Crippen LogP contribution in [0.1, 0.15) is 209 Å². The van der Waals surface area contributed by atoms with Crippen LogP contribution in [0, 0.1) is 47.3 Å². The van der Waals surface area contributed by atoms with Crippen molar-refractivity contribution in [3.05, 3.63) is 0 Å². The Hall–Kier alpha value is -6.35. The van der Waals surface area contributed by atoms with E-state index < -0.39 is 185 Å². The molecule has 12 amide bonds. The molecule has 29 heteroatoms. The van der Waals surface area contributed by atoms with Gasteiger partial charge in [0, 0.05) is 75.4 Å². The average molecular weight is 1510 g/mol. The Kier molecular flexibility index (Phi) is 31.8. The van der Waals surface area contributed by atoms with Crippen molar-refractivity contribution >= 4 is 82.5 Å². The van der Waals surface area contributed by atoms with Gasteiger partial charge in [0.2, 0.25) is 70.9 Å². The lowest BCUT2D eigenvalue weighted by molar-refractivity contribution is -0.182. The number of carbonyl (C=O) groups excluding carboxylic acids is 12. The second-order valence-corrected chi connectivity index (χ2v) is 33.4. The molecule has 6 fully saturated rings. The predicted molar refractivity (Wildman–Crippen MR) is 391 cm³/mol. The first-order valence-electron chi connectivity index (χ1n) is 38.7. The van der Waals surface area contributed by atoms with Gasteiger partial charge in [0.05, 0.1) is 18.9 Å². The third-order valence-electron chi connectivity index (χ3n) is 24.6. The molecule has 6 rings (SSSR count). The van der Waals surface area contributed by atoms with Gasteiger partial charge in [-0.15, -0.1) is 11.6 Å². The first-order valence-corrected chi connectivity index (χ1v) is 39.2. The Balaban J connectivity index is 1.47. The predicted octanol–water partition coefficient (Wildman–Crippen LogP) is 7.56. The van der Waals surface area contributed by atoms with Gasteiger partial charge in [-0.05, 0) is 145 Å². The van der Waals surface area contributed by atoms with Crippen LogP contribution in [0.4, 0.5) is 17.6 Å². The lowest BCUT2D eigenvalue weighted by Gasteiger charge is -2.45. The van der Waals surface area contributed by atoms with Crippen LogP contribution in [0.25, 0.3) is 0 Å². The molecular weight excluding hydrogens is 1380 g/mol. The highest BCUT2D eigenvalue weighted by Crippen LogP contribution is 2.44. The normalized spacial score (nSPS) is 32.4. The van der Waals surface area contributed by atoms with Gasteiger partial charge in [0.1, 0.15) is 66.1 Å². The summed E-state index contributed by atoms with van der Waals surface area (Å²) in [6, 6.07) is -11.4. The zero-order valence-electron chi connectivity index (χ0n) is 65.7. The zero-order chi connectivity index (χ0) is 78.6. The van der Waals surface area contributed by atoms with Crippen molar-refractivity contribution in [2.24, 2.45) is 47.3 Å². The molecule has 6 aliphatic rings. The van der Waals surface area contributed by atoms with Crippen LogP contribution in [0.2, 0.25) is 0 Å². The molecule has 2 aliphatic heterocycles. The van der Waals surface area contributed by atoms with Crippen molar-refractivity contribution in [1.29, 1.82) is 0 Å². The summed E-state index contributed by atoms with van der Waals surface area (Å²) in [5, 5.41) is 7.57. The van der Waals surface area contributed by atoms with E-state index in [1.807, 2.05) is 27.7 Å². The first kappa shape index (κ1) is 87.6. The van der Waals surface area contributed by atoms with E-state index in [0.29, 0.717) is 44.4 Å². The lowest BCUT2D eigenvalue weighted by atomic mass is 9.78. The highest BCUT2D eigenvalue weighted by molar-refractivity contribution is 6.21. The highest BCUT2D eigenvalue weighted by Gasteiger charge is 2.52. The van der Waals surface area contributed by atoms with Gasteiger partial charge >= 0.3 is 6.18 Å². The fourth-order valence-corrected chi connectivity index (χ4v) is 17.2. The third-order valence-corrected chi connectivity index (χ3v) is 25.1. The van der Waals surface area contributed by atoms with E-state index in [1.54, 1.807) is 13.8 Å². The molecule has 0 bridgehead atoms. The minimum atomic E-state index is -4.54. The van der Waals surface area contributed by atoms with Crippen LogP contribution in [-0.2, 0) is 57.5 Å². The number of nitrogens with one attached hydrogen (secondary N) is 3. The van der Waals surface area contributed by atoms with Gasteiger partial charge in [-0.25, -0.2) is 4.39 Å². The van der Waals surface area contributed by atoms with Crippen molar-refractivity contribution in [3.63, 3.8) is 0 Å². The summed E-state index contributed by atoms with van der Waals surface area (Å²) >= 11 is 6.45. The molecule has 3 N–H and O–H groups in total. The minimum absolute atomic E-state index is 0.000300. The van der Waals surface area contributed by atoms with E-state index in [1.165, 1.54) is 105 Å². The molecule has 0 aromatic rings. The van der Waals surface area contributed by atoms with Gasteiger partial charge < -0.3 is 60.0 Å². The molecule has 105 heavy (non-hydrogen) atoms. The fraction of sp³-hybridized carbons (Fsp3) is 0.842. The number of carbonyl (C=O) groups is 12. The molecule has 4 aliphatic carbocycles. The molecule has 596 valence electrons. The van der Waals surface area contributed by atoms with E-state index in [-0.39, 0.29) is 108 Å². The van der Waals surface area contributed by atoms with Crippen molar-refractivity contribution < 1.29 is 75.1 Å². The lowest BCUT2D eigenvalue weighted by Crippen LogP contribution is -2.65. The summed E-state index contributed by atoms with van der Waals surface area (Å²) in [5.74, 6) is -11.4. The second kappa shape index (κ2) is 38.1. The summed E-state index contributed by atoms with van der Waals surface area (Å²) in [6.45, 7) is 14.0. The van der Waals surface area contributed by atoms with Crippen molar-refractivity contribution in [1.82, 2.24) is 60.0 Å². The summed E-state index contributed by atoms with van der Waals surface area (Å²) in [4.78, 5) is 192. The number of fused-ring (bicyclic) bond motifs is 1. The first-order chi connectivity index (χ1) is 49.1. The maximum absolute atomic E-state index is 15.7. The van der Waals surface area contributed by atoms with Crippen LogP contribution in [0.15, 0.2) is 0 Å². The summed E-state index contributed by atoms with van der Waals surface area (Å²) in [7, 11) is 12.8. The molecule has 4 saturated carbocycles. The number of halogens is 5. The topological polar surface area (TPSA) is 270 Å². The van der Waals surface area contributed by atoms with Crippen molar-refractivity contribution in [3.8, 4) is 0 Å². The Morgan fingerprint density at radius 1 is 0.610 bits per heavy atom. The summed E-state index contributed by atoms with van der Waals surface area (Å²) < 4.78 is 57.3. The smallest absolute Gasteiger partial charge is 0.347 e. The van der Waals surface area contributed by atoms with E-state index in [2.05, 4.69) is 22.9 Å². The van der Waals surface area contributed by atoms with E-state index in [0.717, 1.165) is 35.5 Å². The van der Waals surface area contributed by atoms with Gasteiger partial charge in [-0.2, -0.15) is 13.2 Å². The molecule has 14 atom stereocenters. The van der Waals surface area contributed by atoms with E-state index in [9.17, 15) is 51.1 Å². The van der Waals surface area contributed by atoms with Crippen LogP contribution in [0.3, 0.4) is 0 Å². The maximum atomic E-state index is 15.7. The molecule has 3 unspecified atom stereocenters. The van der Waals surface area contributed by atoms with Gasteiger partial charge in [0.25, 0.3) is 0 Å². The zero-order valence-corrected chi connectivity index (χ0v) is 66.4. The highest BCUT2D eigenvalue weighted by atomic mass is 35.5. The fourth-order valence-electron chi connectivity index (χ4n) is 16.7. The number of alkyl halides is 5. The molecule has 2 heterocycles. The number of nitrogens with zero attached hydrogens (tertiary/aromatic N) is 9. The molecule has 0 aromatic carbocycles. The third kappa shape index (κ3) is 21.8. The SMILES string of the molecule is CC[C@H](C)[C@@H]1NC(=O)[C@H](CC(C)C)N(C)C(=O)C[C@@H](C(=O)N(C)C)N(C)C(=O)[C@H]([C@@H](C)CC)N(C)C(=O)C2(CCCC2)NC(=O)[C@H](CC2CCC(F)CC2)N(C)C(=O)[C@H](CCC2CCC(C(F)(F)F)C(Cl)C2)NC(=O)CN(C)C(=O)[C@H](CC2CCC(C)CC2)N(C)C(=O)[C@@H]2CCN2C(=O)[C@H](C)N(C)C1=O. The monoisotopic (exact) mass is 1510 g/mol. The van der Waals surface area contributed by atoms with Crippen LogP contribution in [0.5, 0.6) is 0 Å². The van der Waals surface area contributed by atoms with Gasteiger partial charge in [-0.3, -0.25) is 57.5 Å². The van der Waals surface area contributed by atoms with Crippen molar-refractivity contribution in [2.45, 2.75) is 287 Å². The number of amides is 12. The molecule has 2 saturated heterocycles. The summed E-state index contributed by atoms with van der Waals surface area (Å²) in [6.07, 6.45) is 0.333. The number of hydrogen-bond acceptors (Lipinski definition) is 12. The summed E-state index contributed by atoms with van der Waals surface area (Å²) in [5.41, 5.74) is -1.67. The quantitative estimate of drug-likeness (QED) is 0.112. The second-order valence-electron chi connectivity index (χ2n) is 32.8. The standard InChI is InChI=1S/C76H125ClF4N12O12/c1-18-46(6)63-72(103)87(12)48(8)67(98)93-37-34-56(93)71(102)90(15)59(41-50-24-22-45(5)23-25-50)70(101)86(11)43-61(94)82-55(33-29-49-28-32-53(54(77)39-49)76(79,80)81)68(99)89(14)58(40-51-26-30-52(78)31-27-51)66(97)84-75(35-20-21-36-75)74(105)92(17)64(47(7)19-2)73(104)91(16)60(69(100)85(9)10)42-62(95)88(13)57(38-44(3)4)65(96)83-63/h44-60,63-64H,18-43H2,1-17H3,(H,82,94)(H,83,96)(H,84,97)/t45?,46-,47-,48-,49?,50?,51?,52?,53?,54?,55-,56-,57-,58-,59-,60-,63-,64-/m0/s1. The largest absolute Gasteiger partial charge is 0.393 e. The Labute approximate surface area is 625 Å². The molecule has 24 nitrogen and oxygen atoms in total. The number of likely N-dealkylation sites (N-methyl/N-ethyl adjacent to an activating group) is 8. The Bertz CT molecular complexity index is 3050. The molecule has 0 radical (unpaired) electrons.